The Morgan fingerprint density at radius 2 is 1.68 bits per heavy atom. The number of hydrogen-bond acceptors (Lipinski definition) is 5. The van der Waals surface area contributed by atoms with Crippen LogP contribution in [-0.4, -0.2) is 43.1 Å². The highest BCUT2D eigenvalue weighted by molar-refractivity contribution is 7.92. The molecule has 3 aromatic rings. The number of hydrogen-bond donors (Lipinski definition) is 0. The van der Waals surface area contributed by atoms with Gasteiger partial charge in [0, 0.05) is 30.7 Å². The number of para-hydroxylation sites is 1. The molecular weight excluding hydrogens is 448 g/mol. The van der Waals surface area contributed by atoms with Crippen LogP contribution >= 0.6 is 0 Å². The molecule has 0 spiro atoms. The van der Waals surface area contributed by atoms with Crippen LogP contribution in [0.3, 0.4) is 0 Å². The predicted molar refractivity (Wildman–Crippen MR) is 136 cm³/mol. The zero-order valence-corrected chi connectivity index (χ0v) is 21.1. The number of ether oxygens (including phenoxy) is 1. The summed E-state index contributed by atoms with van der Waals surface area (Å²) in [5.74, 6) is 0.604. The lowest BCUT2D eigenvalue weighted by atomic mass is 9.88. The van der Waals surface area contributed by atoms with E-state index in [9.17, 15) is 13.2 Å². The van der Waals surface area contributed by atoms with Gasteiger partial charge in [-0.25, -0.2) is 8.42 Å². The number of carbonyl (C=O) groups excluding carboxylic acids is 1. The molecule has 2 aromatic carbocycles. The summed E-state index contributed by atoms with van der Waals surface area (Å²) in [4.78, 5) is 17.3. The average Bonchev–Trinajstić information content (AvgIpc) is 2.89. The van der Waals surface area contributed by atoms with Crippen molar-refractivity contribution in [3.05, 3.63) is 66.4 Å². The van der Waals surface area contributed by atoms with E-state index in [2.05, 4.69) is 4.98 Å². The minimum absolute atomic E-state index is 0.214. The van der Waals surface area contributed by atoms with E-state index in [-0.39, 0.29) is 11.4 Å². The normalized spacial score (nSPS) is 15.1. The zero-order chi connectivity index (χ0) is 24.6. The van der Waals surface area contributed by atoms with Gasteiger partial charge < -0.3 is 9.64 Å². The van der Waals surface area contributed by atoms with Crippen molar-refractivity contribution in [1.82, 2.24) is 9.88 Å². The van der Waals surface area contributed by atoms with Crippen LogP contribution in [0, 0.1) is 0 Å². The Kier molecular flexibility index (Phi) is 8.67. The smallest absolute Gasteiger partial charge is 0.209 e. The number of benzene rings is 2. The van der Waals surface area contributed by atoms with Gasteiger partial charge in [0.2, 0.25) is 6.41 Å². The molecule has 0 aliphatic heterocycles. The largest absolute Gasteiger partial charge is 0.489 e. The van der Waals surface area contributed by atoms with Crippen molar-refractivity contribution in [1.29, 1.82) is 0 Å². The van der Waals surface area contributed by atoms with Gasteiger partial charge in [0.1, 0.15) is 12.4 Å². The standard InChI is InChI=1S/C25H28N2O4S.C2H6/c1-27(19-28)18-25(14-5-2-6-15-25)32(29,30)22-11-9-21(10-12-22)31-17-20-13-16-26-24-8-4-3-7-23(20)24;1-2/h3-4,7-13,16,19H,2,5-6,14-15,17-18H2,1H3;1-2H3. The first-order valence-electron chi connectivity index (χ1n) is 11.9. The molecule has 1 saturated carbocycles. The Hall–Kier alpha value is -2.93. The molecule has 34 heavy (non-hydrogen) atoms. The highest BCUT2D eigenvalue weighted by Crippen LogP contribution is 2.39. The topological polar surface area (TPSA) is 76.6 Å². The van der Waals surface area contributed by atoms with E-state index in [0.717, 1.165) is 35.7 Å². The van der Waals surface area contributed by atoms with Gasteiger partial charge >= 0.3 is 0 Å². The number of carbonyl (C=O) groups is 1. The highest BCUT2D eigenvalue weighted by atomic mass is 32.2. The molecule has 0 N–H and O–H groups in total. The lowest BCUT2D eigenvalue weighted by Crippen LogP contribution is -2.49. The molecule has 1 fully saturated rings. The van der Waals surface area contributed by atoms with E-state index >= 15 is 0 Å². The second-order valence-corrected chi connectivity index (χ2v) is 10.9. The minimum atomic E-state index is -3.61. The average molecular weight is 483 g/mol. The molecule has 182 valence electrons. The fourth-order valence-electron chi connectivity index (χ4n) is 4.61. The van der Waals surface area contributed by atoms with Gasteiger partial charge in [-0.05, 0) is 49.2 Å². The quantitative estimate of drug-likeness (QED) is 0.402. The molecule has 1 aliphatic carbocycles. The molecule has 0 unspecified atom stereocenters. The van der Waals surface area contributed by atoms with Gasteiger partial charge in [-0.15, -0.1) is 0 Å². The van der Waals surface area contributed by atoms with Crippen LogP contribution in [0.15, 0.2) is 65.7 Å². The Labute approximate surface area is 202 Å². The van der Waals surface area contributed by atoms with Crippen molar-refractivity contribution in [3.8, 4) is 5.75 Å². The zero-order valence-electron chi connectivity index (χ0n) is 20.2. The van der Waals surface area contributed by atoms with Crippen LogP contribution in [0.25, 0.3) is 10.9 Å². The van der Waals surface area contributed by atoms with Gasteiger partial charge in [-0.2, -0.15) is 0 Å². The maximum atomic E-state index is 13.6. The van der Waals surface area contributed by atoms with E-state index in [1.165, 1.54) is 4.90 Å². The van der Waals surface area contributed by atoms with Crippen molar-refractivity contribution in [2.45, 2.75) is 62.2 Å². The molecule has 1 aliphatic rings. The molecule has 4 rings (SSSR count). The number of sulfone groups is 1. The lowest BCUT2D eigenvalue weighted by molar-refractivity contribution is -0.117. The summed E-state index contributed by atoms with van der Waals surface area (Å²) >= 11 is 0. The third kappa shape index (κ3) is 5.41. The van der Waals surface area contributed by atoms with Crippen molar-refractivity contribution in [2.75, 3.05) is 13.6 Å². The number of amides is 1. The molecule has 0 radical (unpaired) electrons. The lowest BCUT2D eigenvalue weighted by Gasteiger charge is -2.38. The van der Waals surface area contributed by atoms with E-state index in [1.54, 1.807) is 37.5 Å². The predicted octanol–water partition coefficient (Wildman–Crippen LogP) is 5.40. The summed E-state index contributed by atoms with van der Waals surface area (Å²) in [7, 11) is -1.97. The van der Waals surface area contributed by atoms with Crippen LogP contribution in [0.5, 0.6) is 5.75 Å². The molecule has 1 aromatic heterocycles. The van der Waals surface area contributed by atoms with Crippen molar-refractivity contribution in [3.63, 3.8) is 0 Å². The molecule has 0 saturated heterocycles. The second kappa shape index (κ2) is 11.5. The van der Waals surface area contributed by atoms with E-state index in [1.807, 2.05) is 44.2 Å². The van der Waals surface area contributed by atoms with Crippen LogP contribution in [0.2, 0.25) is 0 Å². The maximum Gasteiger partial charge on any atom is 0.209 e. The van der Waals surface area contributed by atoms with Gasteiger partial charge in [0.25, 0.3) is 0 Å². The van der Waals surface area contributed by atoms with Crippen LogP contribution < -0.4 is 4.74 Å². The van der Waals surface area contributed by atoms with Gasteiger partial charge in [-0.1, -0.05) is 51.3 Å². The summed E-state index contributed by atoms with van der Waals surface area (Å²) in [6, 6.07) is 16.5. The summed E-state index contributed by atoms with van der Waals surface area (Å²) in [6.07, 6.45) is 6.34. The second-order valence-electron chi connectivity index (χ2n) is 8.51. The summed E-state index contributed by atoms with van der Waals surface area (Å²) in [6.45, 7) is 4.58. The molecule has 1 amide bonds. The number of nitrogens with zero attached hydrogens (tertiary/aromatic N) is 2. The fourth-order valence-corrected chi connectivity index (χ4v) is 6.80. The van der Waals surface area contributed by atoms with E-state index in [4.69, 9.17) is 4.74 Å². The first-order chi connectivity index (χ1) is 16.4. The first-order valence-corrected chi connectivity index (χ1v) is 13.4. The highest BCUT2D eigenvalue weighted by Gasteiger charge is 2.46. The summed E-state index contributed by atoms with van der Waals surface area (Å²) < 4.78 is 32.2. The van der Waals surface area contributed by atoms with Crippen LogP contribution in [0.1, 0.15) is 51.5 Å². The number of rotatable bonds is 8. The Morgan fingerprint density at radius 1 is 1.00 bits per heavy atom. The Bertz CT molecular complexity index is 1180. The monoisotopic (exact) mass is 482 g/mol. The molecule has 0 bridgehead atoms. The van der Waals surface area contributed by atoms with Gasteiger partial charge in [-0.3, -0.25) is 9.78 Å². The van der Waals surface area contributed by atoms with Crippen molar-refractivity contribution in [2.24, 2.45) is 0 Å². The summed E-state index contributed by atoms with van der Waals surface area (Å²) in [5, 5.41) is 1.03. The van der Waals surface area contributed by atoms with Crippen LogP contribution in [0.4, 0.5) is 0 Å². The summed E-state index contributed by atoms with van der Waals surface area (Å²) in [5.41, 5.74) is 1.93. The molecule has 7 heteroatoms. The Balaban J connectivity index is 0.00000158. The fraction of sp³-hybridized carbons (Fsp3) is 0.407. The molecular formula is C27H34N2O4S. The van der Waals surface area contributed by atoms with Crippen molar-refractivity contribution >= 4 is 27.2 Å². The van der Waals surface area contributed by atoms with Gasteiger partial charge in [0.15, 0.2) is 9.84 Å². The third-order valence-corrected chi connectivity index (χ3v) is 8.89. The number of fused-ring (bicyclic) bond motifs is 1. The third-order valence-electron chi connectivity index (χ3n) is 6.32. The first kappa shape index (κ1) is 25.7. The molecule has 0 atom stereocenters. The SMILES string of the molecule is CC.CN(C=O)CC1(S(=O)(=O)c2ccc(OCc3ccnc4ccccc34)cc2)CCCCC1. The van der Waals surface area contributed by atoms with Crippen LogP contribution in [-0.2, 0) is 21.2 Å². The minimum Gasteiger partial charge on any atom is -0.489 e. The molecule has 6 nitrogen and oxygen atoms in total. The van der Waals surface area contributed by atoms with Crippen molar-refractivity contribution < 1.29 is 17.9 Å². The molecule has 1 heterocycles. The van der Waals surface area contributed by atoms with E-state index in [0.29, 0.717) is 31.6 Å². The van der Waals surface area contributed by atoms with E-state index < -0.39 is 14.6 Å². The maximum absolute atomic E-state index is 13.6. The Morgan fingerprint density at radius 3 is 2.35 bits per heavy atom. The number of pyridine rings is 1. The number of aromatic nitrogens is 1. The van der Waals surface area contributed by atoms with Gasteiger partial charge in [0.05, 0.1) is 15.2 Å².